The molecule has 1 aliphatic rings. The van der Waals surface area contributed by atoms with Crippen LogP contribution >= 0.6 is 0 Å². The van der Waals surface area contributed by atoms with E-state index < -0.39 is 0 Å². The quantitative estimate of drug-likeness (QED) is 0.633. The van der Waals surface area contributed by atoms with E-state index in [-0.39, 0.29) is 0 Å². The van der Waals surface area contributed by atoms with Crippen molar-refractivity contribution in [2.45, 2.75) is 38.5 Å². The lowest BCUT2D eigenvalue weighted by Crippen LogP contribution is -1.99. The van der Waals surface area contributed by atoms with Gasteiger partial charge >= 0.3 is 0 Å². The molecule has 1 fully saturated rings. The Morgan fingerprint density at radius 2 is 1.75 bits per heavy atom. The van der Waals surface area contributed by atoms with Gasteiger partial charge in [-0.2, -0.15) is 0 Å². The molecule has 12 heavy (non-hydrogen) atoms. The highest BCUT2D eigenvalue weighted by Crippen LogP contribution is 2.31. The van der Waals surface area contributed by atoms with Crippen LogP contribution in [0.3, 0.4) is 0 Å². The molecule has 0 aliphatic heterocycles. The first-order valence-electron chi connectivity index (χ1n) is 4.65. The fourth-order valence-corrected chi connectivity index (χ4v) is 1.80. The minimum Gasteiger partial charge on any atom is -0.241 e. The highest BCUT2D eigenvalue weighted by molar-refractivity contribution is 5.05. The van der Waals surface area contributed by atoms with Crippen LogP contribution in [0.1, 0.15) is 43.0 Å². The molecule has 1 aliphatic carbocycles. The van der Waals surface area contributed by atoms with Gasteiger partial charge in [0.05, 0.1) is 0 Å². The smallest absolute Gasteiger partial charge is 0.131 e. The summed E-state index contributed by atoms with van der Waals surface area (Å²) in [5.74, 6) is 1.70. The van der Waals surface area contributed by atoms with Crippen molar-refractivity contribution in [1.29, 1.82) is 0 Å². The molecule has 1 aromatic heterocycles. The van der Waals surface area contributed by atoms with Gasteiger partial charge < -0.3 is 0 Å². The summed E-state index contributed by atoms with van der Waals surface area (Å²) in [5, 5.41) is 0. The number of rotatable bonds is 1. The molecule has 0 unspecified atom stereocenters. The van der Waals surface area contributed by atoms with Crippen LogP contribution in [0.2, 0.25) is 0 Å². The number of hydrogen-bond donors (Lipinski definition) is 0. The standard InChI is InChI=1S/C10H14N2/c1-8-6-11-10(12-7-8)9-4-2-3-5-9/h6-7,9H,2-5H2,1H3. The topological polar surface area (TPSA) is 25.8 Å². The number of hydrogen-bond acceptors (Lipinski definition) is 2. The Morgan fingerprint density at radius 1 is 1.17 bits per heavy atom. The van der Waals surface area contributed by atoms with Gasteiger partial charge in [0.25, 0.3) is 0 Å². The van der Waals surface area contributed by atoms with E-state index in [1.165, 1.54) is 25.7 Å². The van der Waals surface area contributed by atoms with Crippen molar-refractivity contribution < 1.29 is 0 Å². The van der Waals surface area contributed by atoms with Crippen molar-refractivity contribution >= 4 is 0 Å². The van der Waals surface area contributed by atoms with Crippen molar-refractivity contribution in [3.05, 3.63) is 23.8 Å². The number of aryl methyl sites for hydroxylation is 1. The second-order valence-electron chi connectivity index (χ2n) is 3.60. The van der Waals surface area contributed by atoms with Crippen molar-refractivity contribution in [3.8, 4) is 0 Å². The summed E-state index contributed by atoms with van der Waals surface area (Å²) in [4.78, 5) is 8.70. The Morgan fingerprint density at radius 3 is 2.33 bits per heavy atom. The van der Waals surface area contributed by atoms with E-state index in [0.29, 0.717) is 5.92 Å². The van der Waals surface area contributed by atoms with Gasteiger partial charge in [-0.1, -0.05) is 12.8 Å². The summed E-state index contributed by atoms with van der Waals surface area (Å²) in [5.41, 5.74) is 1.15. The summed E-state index contributed by atoms with van der Waals surface area (Å²) < 4.78 is 0. The molecule has 0 spiro atoms. The first-order chi connectivity index (χ1) is 5.86. The third-order valence-corrected chi connectivity index (χ3v) is 2.52. The molecule has 0 amide bonds. The maximum Gasteiger partial charge on any atom is 0.131 e. The van der Waals surface area contributed by atoms with E-state index in [1.807, 2.05) is 19.3 Å². The second kappa shape index (κ2) is 3.21. The number of aromatic nitrogens is 2. The lowest BCUT2D eigenvalue weighted by atomic mass is 10.1. The Bertz CT molecular complexity index is 247. The summed E-state index contributed by atoms with van der Waals surface area (Å²) in [7, 11) is 0. The fourth-order valence-electron chi connectivity index (χ4n) is 1.80. The lowest BCUT2D eigenvalue weighted by Gasteiger charge is -2.05. The normalized spacial score (nSPS) is 18.4. The molecular weight excluding hydrogens is 148 g/mol. The van der Waals surface area contributed by atoms with Crippen LogP contribution in [0.5, 0.6) is 0 Å². The largest absolute Gasteiger partial charge is 0.241 e. The first-order valence-corrected chi connectivity index (χ1v) is 4.65. The molecule has 1 heterocycles. The van der Waals surface area contributed by atoms with Gasteiger partial charge in [-0.25, -0.2) is 9.97 Å². The molecule has 1 aromatic rings. The van der Waals surface area contributed by atoms with Gasteiger partial charge in [-0.15, -0.1) is 0 Å². The molecule has 2 rings (SSSR count). The average Bonchev–Trinajstić information content (AvgIpc) is 2.58. The lowest BCUT2D eigenvalue weighted by molar-refractivity contribution is 0.666. The first kappa shape index (κ1) is 7.71. The van der Waals surface area contributed by atoms with Crippen LogP contribution in [0.25, 0.3) is 0 Å². The zero-order valence-corrected chi connectivity index (χ0v) is 7.45. The van der Waals surface area contributed by atoms with E-state index in [0.717, 1.165) is 11.4 Å². The van der Waals surface area contributed by atoms with Gasteiger partial charge in [-0.3, -0.25) is 0 Å². The Labute approximate surface area is 73.1 Å². The number of nitrogens with zero attached hydrogens (tertiary/aromatic N) is 2. The highest BCUT2D eigenvalue weighted by atomic mass is 14.9. The van der Waals surface area contributed by atoms with E-state index in [2.05, 4.69) is 9.97 Å². The third kappa shape index (κ3) is 1.47. The van der Waals surface area contributed by atoms with Gasteiger partial charge in [0, 0.05) is 18.3 Å². The molecule has 0 aromatic carbocycles. The van der Waals surface area contributed by atoms with Gasteiger partial charge in [-0.05, 0) is 25.3 Å². The van der Waals surface area contributed by atoms with E-state index >= 15 is 0 Å². The maximum atomic E-state index is 4.35. The Hall–Kier alpha value is -0.920. The van der Waals surface area contributed by atoms with E-state index in [9.17, 15) is 0 Å². The average molecular weight is 162 g/mol. The van der Waals surface area contributed by atoms with Gasteiger partial charge in [0.1, 0.15) is 5.82 Å². The summed E-state index contributed by atoms with van der Waals surface area (Å²) in [6.45, 7) is 2.03. The van der Waals surface area contributed by atoms with Crippen LogP contribution in [0.4, 0.5) is 0 Å². The Balaban J connectivity index is 2.17. The molecule has 0 saturated heterocycles. The van der Waals surface area contributed by atoms with E-state index in [1.54, 1.807) is 0 Å². The van der Waals surface area contributed by atoms with Crippen molar-refractivity contribution in [3.63, 3.8) is 0 Å². The van der Waals surface area contributed by atoms with Crippen LogP contribution < -0.4 is 0 Å². The van der Waals surface area contributed by atoms with E-state index in [4.69, 9.17) is 0 Å². The van der Waals surface area contributed by atoms with Crippen molar-refractivity contribution in [2.24, 2.45) is 0 Å². The van der Waals surface area contributed by atoms with Crippen LogP contribution in [0, 0.1) is 6.92 Å². The van der Waals surface area contributed by atoms with Crippen molar-refractivity contribution in [1.82, 2.24) is 9.97 Å². The van der Waals surface area contributed by atoms with Gasteiger partial charge in [0.15, 0.2) is 0 Å². The molecule has 2 nitrogen and oxygen atoms in total. The minimum atomic E-state index is 0.644. The molecule has 0 bridgehead atoms. The Kier molecular flexibility index (Phi) is 2.07. The fraction of sp³-hybridized carbons (Fsp3) is 0.600. The SMILES string of the molecule is Cc1cnc(C2CCCC2)nc1. The van der Waals surface area contributed by atoms with Crippen LogP contribution in [-0.4, -0.2) is 9.97 Å². The monoisotopic (exact) mass is 162 g/mol. The molecule has 64 valence electrons. The molecular formula is C10H14N2. The third-order valence-electron chi connectivity index (χ3n) is 2.52. The summed E-state index contributed by atoms with van der Waals surface area (Å²) >= 11 is 0. The molecule has 0 N–H and O–H groups in total. The summed E-state index contributed by atoms with van der Waals surface area (Å²) in [6, 6.07) is 0. The molecule has 0 radical (unpaired) electrons. The molecule has 0 atom stereocenters. The zero-order chi connectivity index (χ0) is 8.39. The highest BCUT2D eigenvalue weighted by Gasteiger charge is 2.18. The molecule has 1 saturated carbocycles. The molecule has 2 heteroatoms. The van der Waals surface area contributed by atoms with Crippen molar-refractivity contribution in [2.75, 3.05) is 0 Å². The second-order valence-corrected chi connectivity index (χ2v) is 3.60. The zero-order valence-electron chi connectivity index (χ0n) is 7.45. The minimum absolute atomic E-state index is 0.644. The summed E-state index contributed by atoms with van der Waals surface area (Å²) in [6.07, 6.45) is 9.09. The predicted molar refractivity (Wildman–Crippen MR) is 48.0 cm³/mol. The predicted octanol–water partition coefficient (Wildman–Crippen LogP) is 2.44. The van der Waals surface area contributed by atoms with Gasteiger partial charge in [0.2, 0.25) is 0 Å². The van der Waals surface area contributed by atoms with Crippen LogP contribution in [-0.2, 0) is 0 Å². The maximum absolute atomic E-state index is 4.35. The van der Waals surface area contributed by atoms with Crippen LogP contribution in [0.15, 0.2) is 12.4 Å².